The summed E-state index contributed by atoms with van der Waals surface area (Å²) in [7, 11) is 1.77. The van der Waals surface area contributed by atoms with Gasteiger partial charge >= 0.3 is 0 Å². The first-order valence-corrected chi connectivity index (χ1v) is 13.1. The van der Waals surface area contributed by atoms with E-state index < -0.39 is 72.7 Å². The summed E-state index contributed by atoms with van der Waals surface area (Å²) in [5, 5.41) is 51.9. The number of rotatable bonds is 15. The molecule has 6 N–H and O–H groups in total. The molecule has 2 saturated heterocycles. The van der Waals surface area contributed by atoms with Crippen molar-refractivity contribution in [2.24, 2.45) is 0 Å². The Morgan fingerprint density at radius 2 is 1.45 bits per heavy atom. The van der Waals surface area contributed by atoms with Crippen LogP contribution < -0.4 is 5.32 Å². The Balaban J connectivity index is 1.75. The summed E-state index contributed by atoms with van der Waals surface area (Å²) in [6, 6.07) is -1.36. The number of aliphatic hydroxyl groups excluding tert-OH is 5. The van der Waals surface area contributed by atoms with E-state index in [1.807, 2.05) is 27.7 Å². The second-order valence-electron chi connectivity index (χ2n) is 11.1. The topological polar surface area (TPSA) is 186 Å². The van der Waals surface area contributed by atoms with Gasteiger partial charge in [0.15, 0.2) is 6.29 Å². The Morgan fingerprint density at radius 3 is 2.03 bits per heavy atom. The lowest BCUT2D eigenvalue weighted by atomic mass is 9.93. The Bertz CT molecular complexity index is 729. The first-order valence-electron chi connectivity index (χ1n) is 13.1. The standard InChI is InChI=1S/C24H46BNO12/c1-13(29)26-16-19(32)17(30)14(10-27)38-22(16)33-8-6-23(2,3)35-9-7-24(4,5)36-12-34-20-18(31)15(11-28)37-21(20)25/h14-22,27-28,30-32H,6-12,25H2,1-5H3,(H,26,29). The molecule has 2 heterocycles. The van der Waals surface area contributed by atoms with Gasteiger partial charge in [0.25, 0.3) is 0 Å². The number of nitrogens with one attached hydrogen (secondary N) is 1. The quantitative estimate of drug-likeness (QED) is 0.0921. The van der Waals surface area contributed by atoms with Gasteiger partial charge in [-0.1, -0.05) is 0 Å². The van der Waals surface area contributed by atoms with Crippen molar-refractivity contribution in [3.8, 4) is 0 Å². The zero-order chi connectivity index (χ0) is 28.7. The van der Waals surface area contributed by atoms with Crippen LogP contribution in [0.3, 0.4) is 0 Å². The summed E-state index contributed by atoms with van der Waals surface area (Å²) in [5.74, 6) is -0.420. The van der Waals surface area contributed by atoms with Gasteiger partial charge in [-0.05, 0) is 40.5 Å². The first-order chi connectivity index (χ1) is 17.7. The maximum absolute atomic E-state index is 11.6. The Kier molecular flexibility index (Phi) is 12.8. The van der Waals surface area contributed by atoms with Crippen LogP contribution in [0.2, 0.25) is 0 Å². The van der Waals surface area contributed by atoms with Gasteiger partial charge < -0.3 is 59.3 Å². The zero-order valence-electron chi connectivity index (χ0n) is 23.2. The van der Waals surface area contributed by atoms with Gasteiger partial charge in [-0.2, -0.15) is 0 Å². The molecule has 222 valence electrons. The summed E-state index contributed by atoms with van der Waals surface area (Å²) in [6.07, 6.45) is -6.02. The molecule has 9 unspecified atom stereocenters. The number of hydrogen-bond acceptors (Lipinski definition) is 12. The van der Waals surface area contributed by atoms with E-state index in [2.05, 4.69) is 5.32 Å². The van der Waals surface area contributed by atoms with E-state index in [9.17, 15) is 30.3 Å². The van der Waals surface area contributed by atoms with Crippen molar-refractivity contribution in [2.45, 2.75) is 114 Å². The molecule has 38 heavy (non-hydrogen) atoms. The SMILES string of the molecule is BC1OC(CO)C(O)C1OCOC(C)(C)CCOC(C)(C)CCOC1OC(CO)C(O)C(O)C1NC(C)=O. The summed E-state index contributed by atoms with van der Waals surface area (Å²) in [4.78, 5) is 11.6. The lowest BCUT2D eigenvalue weighted by Gasteiger charge is -2.42. The van der Waals surface area contributed by atoms with Gasteiger partial charge in [-0.15, -0.1) is 0 Å². The molecule has 0 radical (unpaired) electrons. The molecule has 0 aliphatic carbocycles. The smallest absolute Gasteiger partial charge is 0.217 e. The van der Waals surface area contributed by atoms with Crippen molar-refractivity contribution < 1.29 is 58.7 Å². The summed E-state index contributed by atoms with van der Waals surface area (Å²) in [6.45, 7) is 8.57. The van der Waals surface area contributed by atoms with Crippen molar-refractivity contribution in [1.29, 1.82) is 0 Å². The molecule has 0 aromatic rings. The van der Waals surface area contributed by atoms with Crippen molar-refractivity contribution in [1.82, 2.24) is 5.32 Å². The summed E-state index contributed by atoms with van der Waals surface area (Å²) >= 11 is 0. The van der Waals surface area contributed by atoms with Crippen LogP contribution in [0.25, 0.3) is 0 Å². The zero-order valence-corrected chi connectivity index (χ0v) is 23.2. The van der Waals surface area contributed by atoms with E-state index in [-0.39, 0.29) is 26.0 Å². The van der Waals surface area contributed by atoms with Crippen LogP contribution in [0, 0.1) is 0 Å². The van der Waals surface area contributed by atoms with Crippen LogP contribution in [0.4, 0.5) is 0 Å². The molecule has 0 spiro atoms. The van der Waals surface area contributed by atoms with Gasteiger partial charge in [-0.25, -0.2) is 0 Å². The maximum atomic E-state index is 11.6. The molecule has 0 aromatic carbocycles. The second kappa shape index (κ2) is 14.6. The molecule has 0 saturated carbocycles. The molecule has 1 amide bonds. The minimum atomic E-state index is -1.37. The highest BCUT2D eigenvalue weighted by molar-refractivity contribution is 6.11. The second-order valence-corrected chi connectivity index (χ2v) is 11.1. The van der Waals surface area contributed by atoms with Gasteiger partial charge in [0.1, 0.15) is 57.3 Å². The molecule has 0 aromatic heterocycles. The number of aliphatic hydroxyl groups is 5. The Hall–Kier alpha value is -0.905. The number of ether oxygens (including phenoxy) is 6. The molecule has 2 aliphatic rings. The molecule has 2 aliphatic heterocycles. The molecular weight excluding hydrogens is 505 g/mol. The minimum Gasteiger partial charge on any atom is -0.394 e. The third-order valence-corrected chi connectivity index (χ3v) is 6.89. The average Bonchev–Trinajstić information content (AvgIpc) is 3.10. The molecule has 9 atom stereocenters. The third-order valence-electron chi connectivity index (χ3n) is 6.89. The molecule has 2 rings (SSSR count). The summed E-state index contributed by atoms with van der Waals surface area (Å²) in [5.41, 5.74) is -1.16. The van der Waals surface area contributed by atoms with E-state index in [4.69, 9.17) is 28.4 Å². The maximum Gasteiger partial charge on any atom is 0.217 e. The molecule has 0 bridgehead atoms. The first kappa shape index (κ1) is 33.3. The highest BCUT2D eigenvalue weighted by Gasteiger charge is 2.45. The van der Waals surface area contributed by atoms with Crippen LogP contribution in [0.5, 0.6) is 0 Å². The van der Waals surface area contributed by atoms with Crippen LogP contribution in [-0.2, 0) is 33.2 Å². The Morgan fingerprint density at radius 1 is 0.868 bits per heavy atom. The highest BCUT2D eigenvalue weighted by atomic mass is 16.7. The van der Waals surface area contributed by atoms with Crippen LogP contribution in [0.15, 0.2) is 0 Å². The summed E-state index contributed by atoms with van der Waals surface area (Å²) < 4.78 is 34.4. The third kappa shape index (κ3) is 9.63. The molecule has 14 heteroatoms. The van der Waals surface area contributed by atoms with Crippen molar-refractivity contribution in [2.75, 3.05) is 33.2 Å². The molecule has 2 fully saturated rings. The predicted octanol–water partition coefficient (Wildman–Crippen LogP) is -2.63. The fourth-order valence-electron chi connectivity index (χ4n) is 4.33. The van der Waals surface area contributed by atoms with Gasteiger partial charge in [-0.3, -0.25) is 4.79 Å². The van der Waals surface area contributed by atoms with Crippen molar-refractivity contribution in [3.63, 3.8) is 0 Å². The lowest BCUT2D eigenvalue weighted by Crippen LogP contribution is -2.64. The number of carbonyl (C=O) groups is 1. The van der Waals surface area contributed by atoms with Gasteiger partial charge in [0, 0.05) is 6.92 Å². The normalized spacial score (nSPS) is 34.4. The van der Waals surface area contributed by atoms with Crippen LogP contribution in [0.1, 0.15) is 47.5 Å². The van der Waals surface area contributed by atoms with E-state index >= 15 is 0 Å². The Labute approximate surface area is 225 Å². The lowest BCUT2D eigenvalue weighted by molar-refractivity contribution is -0.272. The van der Waals surface area contributed by atoms with Gasteiger partial charge in [0.2, 0.25) is 5.91 Å². The predicted molar refractivity (Wildman–Crippen MR) is 136 cm³/mol. The monoisotopic (exact) mass is 551 g/mol. The fourth-order valence-corrected chi connectivity index (χ4v) is 4.33. The molecular formula is C24H46BNO12. The minimum absolute atomic E-state index is 0.0515. The van der Waals surface area contributed by atoms with E-state index in [1.165, 1.54) is 6.92 Å². The largest absolute Gasteiger partial charge is 0.394 e. The van der Waals surface area contributed by atoms with E-state index in [0.717, 1.165) is 0 Å². The molecule has 13 nitrogen and oxygen atoms in total. The van der Waals surface area contributed by atoms with Crippen LogP contribution >= 0.6 is 0 Å². The van der Waals surface area contributed by atoms with Crippen molar-refractivity contribution >= 4 is 13.8 Å². The van der Waals surface area contributed by atoms with Gasteiger partial charge in [0.05, 0.1) is 43.6 Å². The van der Waals surface area contributed by atoms with E-state index in [1.54, 1.807) is 7.85 Å². The van der Waals surface area contributed by atoms with Crippen LogP contribution in [-0.4, -0.2) is 139 Å². The fraction of sp³-hybridized carbons (Fsp3) is 0.958. The average molecular weight is 551 g/mol. The number of amides is 1. The number of hydrogen-bond donors (Lipinski definition) is 6. The van der Waals surface area contributed by atoms with E-state index in [0.29, 0.717) is 19.4 Å². The highest BCUT2D eigenvalue weighted by Crippen LogP contribution is 2.25. The van der Waals surface area contributed by atoms with Crippen molar-refractivity contribution in [3.05, 3.63) is 0 Å². The number of carbonyl (C=O) groups excluding carboxylic acids is 1.